The first-order valence-corrected chi connectivity index (χ1v) is 5.02. The van der Waals surface area contributed by atoms with Crippen LogP contribution in [0.5, 0.6) is 0 Å². The van der Waals surface area contributed by atoms with Crippen LogP contribution in [0, 0.1) is 6.92 Å². The minimum Gasteiger partial charge on any atom is -0.394 e. The van der Waals surface area contributed by atoms with Crippen molar-refractivity contribution in [3.8, 4) is 0 Å². The second-order valence-corrected chi connectivity index (χ2v) is 3.54. The van der Waals surface area contributed by atoms with Crippen LogP contribution in [0.4, 0.5) is 10.5 Å². The highest BCUT2D eigenvalue weighted by atomic mass is 16.3. The van der Waals surface area contributed by atoms with E-state index in [1.54, 1.807) is 12.1 Å². The topological polar surface area (TPSA) is 81.6 Å². The Morgan fingerprint density at radius 1 is 1.38 bits per heavy atom. The molecule has 0 unspecified atom stereocenters. The summed E-state index contributed by atoms with van der Waals surface area (Å²) in [6, 6.07) is 6.95. The van der Waals surface area contributed by atoms with E-state index in [9.17, 15) is 4.79 Å². The Labute approximate surface area is 94.1 Å². The SMILES string of the molecule is Cc1ccc(NC(=O)NC[C@H](O)CO)cc1. The molecule has 0 bridgehead atoms. The van der Waals surface area contributed by atoms with Gasteiger partial charge in [0, 0.05) is 12.2 Å². The molecule has 5 heteroatoms. The molecular weight excluding hydrogens is 208 g/mol. The van der Waals surface area contributed by atoms with Crippen LogP contribution in [0.15, 0.2) is 24.3 Å². The number of benzene rings is 1. The van der Waals surface area contributed by atoms with Crippen LogP contribution in [0.25, 0.3) is 0 Å². The van der Waals surface area contributed by atoms with Gasteiger partial charge in [0.25, 0.3) is 0 Å². The van der Waals surface area contributed by atoms with Gasteiger partial charge in [-0.2, -0.15) is 0 Å². The van der Waals surface area contributed by atoms with Crippen molar-refractivity contribution in [3.05, 3.63) is 29.8 Å². The molecule has 5 nitrogen and oxygen atoms in total. The van der Waals surface area contributed by atoms with Gasteiger partial charge in [0.05, 0.1) is 12.7 Å². The number of nitrogens with one attached hydrogen (secondary N) is 2. The van der Waals surface area contributed by atoms with Crippen LogP contribution in [0.3, 0.4) is 0 Å². The first kappa shape index (κ1) is 12.5. The van der Waals surface area contributed by atoms with Gasteiger partial charge in [-0.05, 0) is 19.1 Å². The molecule has 0 aliphatic carbocycles. The molecule has 1 aromatic carbocycles. The Hall–Kier alpha value is -1.59. The number of hydrogen-bond donors (Lipinski definition) is 4. The number of aliphatic hydroxyl groups is 2. The summed E-state index contributed by atoms with van der Waals surface area (Å²) in [6.45, 7) is 1.61. The molecule has 1 aromatic rings. The fourth-order valence-corrected chi connectivity index (χ4v) is 1.09. The van der Waals surface area contributed by atoms with Crippen molar-refractivity contribution in [2.24, 2.45) is 0 Å². The molecule has 0 aliphatic heterocycles. The predicted octanol–water partition coefficient (Wildman–Crippen LogP) is 0.470. The Morgan fingerprint density at radius 3 is 2.56 bits per heavy atom. The van der Waals surface area contributed by atoms with E-state index in [1.165, 1.54) is 0 Å². The van der Waals surface area contributed by atoms with Gasteiger partial charge in [0.2, 0.25) is 0 Å². The Balaban J connectivity index is 2.37. The lowest BCUT2D eigenvalue weighted by Crippen LogP contribution is -2.36. The highest BCUT2D eigenvalue weighted by Gasteiger charge is 2.05. The summed E-state index contributed by atoms with van der Waals surface area (Å²) in [5.41, 5.74) is 1.79. The summed E-state index contributed by atoms with van der Waals surface area (Å²) in [6.07, 6.45) is -0.927. The number of aliphatic hydroxyl groups excluding tert-OH is 2. The average molecular weight is 224 g/mol. The number of hydrogen-bond acceptors (Lipinski definition) is 3. The highest BCUT2D eigenvalue weighted by Crippen LogP contribution is 2.07. The number of carbonyl (C=O) groups is 1. The van der Waals surface area contributed by atoms with E-state index in [1.807, 2.05) is 19.1 Å². The number of anilines is 1. The molecule has 0 spiro atoms. The first-order valence-electron chi connectivity index (χ1n) is 5.02. The predicted molar refractivity (Wildman–Crippen MR) is 61.3 cm³/mol. The van der Waals surface area contributed by atoms with E-state index in [4.69, 9.17) is 10.2 Å². The zero-order valence-electron chi connectivity index (χ0n) is 9.10. The van der Waals surface area contributed by atoms with Gasteiger partial charge in [-0.25, -0.2) is 4.79 Å². The zero-order valence-corrected chi connectivity index (χ0v) is 9.10. The van der Waals surface area contributed by atoms with Crippen LogP contribution in [0.2, 0.25) is 0 Å². The molecule has 1 atom stereocenters. The normalized spacial score (nSPS) is 11.9. The van der Waals surface area contributed by atoms with E-state index in [2.05, 4.69) is 10.6 Å². The summed E-state index contributed by atoms with van der Waals surface area (Å²) in [7, 11) is 0. The molecule has 0 saturated heterocycles. The second kappa shape index (κ2) is 6.09. The summed E-state index contributed by atoms with van der Waals surface area (Å²) < 4.78 is 0. The fourth-order valence-electron chi connectivity index (χ4n) is 1.09. The summed E-state index contributed by atoms with van der Waals surface area (Å²) in [4.78, 5) is 11.3. The van der Waals surface area contributed by atoms with E-state index < -0.39 is 12.1 Å². The quantitative estimate of drug-likeness (QED) is 0.600. The minimum absolute atomic E-state index is 0.0220. The van der Waals surface area contributed by atoms with Crippen molar-refractivity contribution >= 4 is 11.7 Å². The van der Waals surface area contributed by atoms with Crippen LogP contribution in [0.1, 0.15) is 5.56 Å². The monoisotopic (exact) mass is 224 g/mol. The van der Waals surface area contributed by atoms with Crippen molar-refractivity contribution in [1.29, 1.82) is 0 Å². The van der Waals surface area contributed by atoms with E-state index in [-0.39, 0.29) is 13.2 Å². The smallest absolute Gasteiger partial charge is 0.319 e. The summed E-state index contributed by atoms with van der Waals surface area (Å²) in [5.74, 6) is 0. The lowest BCUT2D eigenvalue weighted by molar-refractivity contribution is 0.0965. The van der Waals surface area contributed by atoms with Crippen molar-refractivity contribution in [2.75, 3.05) is 18.5 Å². The fraction of sp³-hybridized carbons (Fsp3) is 0.364. The number of carbonyl (C=O) groups excluding carboxylic acids is 1. The minimum atomic E-state index is -0.927. The van der Waals surface area contributed by atoms with E-state index in [0.717, 1.165) is 5.56 Å². The molecule has 0 aromatic heterocycles. The van der Waals surface area contributed by atoms with Crippen molar-refractivity contribution in [1.82, 2.24) is 5.32 Å². The van der Waals surface area contributed by atoms with E-state index >= 15 is 0 Å². The Morgan fingerprint density at radius 2 is 2.00 bits per heavy atom. The van der Waals surface area contributed by atoms with Crippen molar-refractivity contribution < 1.29 is 15.0 Å². The third-order valence-electron chi connectivity index (χ3n) is 2.02. The molecule has 0 radical (unpaired) electrons. The standard InChI is InChI=1S/C11H16N2O3/c1-8-2-4-9(5-3-8)13-11(16)12-6-10(15)7-14/h2-5,10,14-15H,6-7H2,1H3,(H2,12,13,16)/t10-/m0/s1. The number of rotatable bonds is 4. The van der Waals surface area contributed by atoms with Crippen LogP contribution in [-0.4, -0.2) is 35.5 Å². The molecular formula is C11H16N2O3. The molecule has 0 aliphatic rings. The molecule has 88 valence electrons. The second-order valence-electron chi connectivity index (χ2n) is 3.54. The van der Waals surface area contributed by atoms with Crippen molar-refractivity contribution in [3.63, 3.8) is 0 Å². The molecule has 16 heavy (non-hydrogen) atoms. The van der Waals surface area contributed by atoms with Gasteiger partial charge in [-0.3, -0.25) is 0 Å². The first-order chi connectivity index (χ1) is 7.61. The van der Waals surface area contributed by atoms with E-state index in [0.29, 0.717) is 5.69 Å². The largest absolute Gasteiger partial charge is 0.394 e. The van der Waals surface area contributed by atoms with Gasteiger partial charge >= 0.3 is 6.03 Å². The third-order valence-corrected chi connectivity index (χ3v) is 2.02. The molecule has 0 heterocycles. The molecule has 0 saturated carbocycles. The summed E-state index contributed by atoms with van der Waals surface area (Å²) >= 11 is 0. The maximum atomic E-state index is 11.3. The van der Waals surface area contributed by atoms with Gasteiger partial charge in [-0.15, -0.1) is 0 Å². The highest BCUT2D eigenvalue weighted by molar-refractivity contribution is 5.89. The van der Waals surface area contributed by atoms with Crippen molar-refractivity contribution in [2.45, 2.75) is 13.0 Å². The molecule has 1 rings (SSSR count). The lowest BCUT2D eigenvalue weighted by Gasteiger charge is -2.10. The van der Waals surface area contributed by atoms with Crippen LogP contribution >= 0.6 is 0 Å². The number of aryl methyl sites for hydroxylation is 1. The van der Waals surface area contributed by atoms with Crippen LogP contribution in [-0.2, 0) is 0 Å². The zero-order chi connectivity index (χ0) is 12.0. The number of urea groups is 1. The molecule has 0 fully saturated rings. The maximum absolute atomic E-state index is 11.3. The van der Waals surface area contributed by atoms with Gasteiger partial charge in [0.1, 0.15) is 0 Å². The maximum Gasteiger partial charge on any atom is 0.319 e. The summed E-state index contributed by atoms with van der Waals surface area (Å²) in [5, 5.41) is 22.6. The van der Waals surface area contributed by atoms with Gasteiger partial charge < -0.3 is 20.8 Å². The third kappa shape index (κ3) is 4.29. The molecule has 2 amide bonds. The molecule has 4 N–H and O–H groups in total. The van der Waals surface area contributed by atoms with Gasteiger partial charge in [-0.1, -0.05) is 17.7 Å². The average Bonchev–Trinajstić information content (AvgIpc) is 2.29. The Bertz CT molecular complexity index is 338. The van der Waals surface area contributed by atoms with Crippen LogP contribution < -0.4 is 10.6 Å². The number of amides is 2. The van der Waals surface area contributed by atoms with Gasteiger partial charge in [0.15, 0.2) is 0 Å². The lowest BCUT2D eigenvalue weighted by atomic mass is 10.2. The Kier molecular flexibility index (Phi) is 4.75.